The number of aliphatic carboxylic acids is 1. The molecule has 5 nitrogen and oxygen atoms in total. The van der Waals surface area contributed by atoms with E-state index in [0.717, 1.165) is 0 Å². The van der Waals surface area contributed by atoms with E-state index in [0.29, 0.717) is 19.4 Å². The van der Waals surface area contributed by atoms with Gasteiger partial charge in [0.1, 0.15) is 0 Å². The highest BCUT2D eigenvalue weighted by Gasteiger charge is 2.35. The molecule has 1 aliphatic heterocycles. The van der Waals surface area contributed by atoms with Crippen LogP contribution in [-0.4, -0.2) is 42.6 Å². The Hall–Kier alpha value is -0.620. The van der Waals surface area contributed by atoms with E-state index in [1.807, 2.05) is 20.8 Å². The summed E-state index contributed by atoms with van der Waals surface area (Å²) in [4.78, 5) is 10.8. The first kappa shape index (κ1) is 14.4. The molecule has 1 saturated heterocycles. The van der Waals surface area contributed by atoms with E-state index in [1.54, 1.807) is 0 Å². The molecule has 17 heavy (non-hydrogen) atoms. The Morgan fingerprint density at radius 2 is 2.00 bits per heavy atom. The lowest BCUT2D eigenvalue weighted by Crippen LogP contribution is -2.33. The van der Waals surface area contributed by atoms with Crippen LogP contribution in [0.5, 0.6) is 0 Å². The lowest BCUT2D eigenvalue weighted by molar-refractivity contribution is -0.141. The van der Waals surface area contributed by atoms with Crippen molar-refractivity contribution in [3.8, 4) is 0 Å². The summed E-state index contributed by atoms with van der Waals surface area (Å²) in [6, 6.07) is 0. The summed E-state index contributed by atoms with van der Waals surface area (Å²) < 4.78 is 25.3. The van der Waals surface area contributed by atoms with Gasteiger partial charge in [0.05, 0.1) is 11.7 Å². The minimum atomic E-state index is -3.29. The molecule has 1 aliphatic rings. The Bertz CT molecular complexity index is 383. The number of hydrogen-bond donors (Lipinski definition) is 1. The molecule has 1 N–H and O–H groups in total. The number of rotatable bonds is 4. The van der Waals surface area contributed by atoms with E-state index in [9.17, 15) is 13.2 Å². The van der Waals surface area contributed by atoms with Gasteiger partial charge in [-0.2, -0.15) is 0 Å². The molecule has 100 valence electrons. The normalized spacial score (nSPS) is 22.9. The van der Waals surface area contributed by atoms with Gasteiger partial charge in [-0.05, 0) is 18.3 Å². The maximum absolute atomic E-state index is 12.0. The van der Waals surface area contributed by atoms with Gasteiger partial charge in [0, 0.05) is 13.1 Å². The minimum absolute atomic E-state index is 0.0288. The highest BCUT2D eigenvalue weighted by atomic mass is 32.2. The van der Waals surface area contributed by atoms with Gasteiger partial charge >= 0.3 is 5.97 Å². The molecule has 0 saturated carbocycles. The first-order chi connectivity index (χ1) is 7.62. The fourth-order valence-electron chi connectivity index (χ4n) is 1.75. The van der Waals surface area contributed by atoms with Gasteiger partial charge in [-0.25, -0.2) is 12.7 Å². The molecular weight excluding hydrogens is 242 g/mol. The summed E-state index contributed by atoms with van der Waals surface area (Å²) in [5.41, 5.74) is -0.0288. The van der Waals surface area contributed by atoms with E-state index in [-0.39, 0.29) is 17.7 Å². The highest BCUT2D eigenvalue weighted by molar-refractivity contribution is 7.89. The maximum Gasteiger partial charge on any atom is 0.307 e. The second kappa shape index (κ2) is 4.94. The second-order valence-corrected chi connectivity index (χ2v) is 7.90. The topological polar surface area (TPSA) is 74.7 Å². The average molecular weight is 263 g/mol. The van der Waals surface area contributed by atoms with Crippen LogP contribution < -0.4 is 0 Å². The molecule has 6 heteroatoms. The smallest absolute Gasteiger partial charge is 0.307 e. The van der Waals surface area contributed by atoms with Crippen LogP contribution in [0.1, 0.15) is 33.6 Å². The third kappa shape index (κ3) is 4.27. The summed E-state index contributed by atoms with van der Waals surface area (Å²) in [6.45, 7) is 6.44. The van der Waals surface area contributed by atoms with Crippen molar-refractivity contribution < 1.29 is 18.3 Å². The second-order valence-electron chi connectivity index (χ2n) is 5.81. The predicted octanol–water partition coefficient (Wildman–Crippen LogP) is 1.16. The van der Waals surface area contributed by atoms with Crippen molar-refractivity contribution in [2.45, 2.75) is 33.6 Å². The first-order valence-electron chi connectivity index (χ1n) is 5.82. The molecule has 1 atom stereocenters. The monoisotopic (exact) mass is 263 g/mol. The molecule has 1 rings (SSSR count). The van der Waals surface area contributed by atoms with Gasteiger partial charge in [0.2, 0.25) is 10.0 Å². The minimum Gasteiger partial charge on any atom is -0.481 e. The van der Waals surface area contributed by atoms with E-state index in [4.69, 9.17) is 5.11 Å². The lowest BCUT2D eigenvalue weighted by atomic mass is 9.94. The van der Waals surface area contributed by atoms with Crippen molar-refractivity contribution in [1.82, 2.24) is 4.31 Å². The van der Waals surface area contributed by atoms with Gasteiger partial charge in [-0.15, -0.1) is 0 Å². The predicted molar refractivity (Wildman–Crippen MR) is 65.2 cm³/mol. The van der Waals surface area contributed by atoms with Crippen molar-refractivity contribution in [2.75, 3.05) is 18.8 Å². The van der Waals surface area contributed by atoms with Crippen LogP contribution >= 0.6 is 0 Å². The fraction of sp³-hybridized carbons (Fsp3) is 0.909. The Labute approximate surface area is 103 Å². The zero-order valence-corrected chi connectivity index (χ0v) is 11.5. The van der Waals surface area contributed by atoms with Crippen molar-refractivity contribution in [1.29, 1.82) is 0 Å². The molecule has 1 fully saturated rings. The van der Waals surface area contributed by atoms with E-state index in [2.05, 4.69) is 0 Å². The molecule has 0 aliphatic carbocycles. The van der Waals surface area contributed by atoms with Crippen molar-refractivity contribution in [3.05, 3.63) is 0 Å². The van der Waals surface area contributed by atoms with Gasteiger partial charge < -0.3 is 5.11 Å². The molecule has 0 amide bonds. The molecule has 0 radical (unpaired) electrons. The molecular formula is C11H21NO4S. The van der Waals surface area contributed by atoms with Crippen LogP contribution in [0.25, 0.3) is 0 Å². The largest absolute Gasteiger partial charge is 0.481 e. The van der Waals surface area contributed by atoms with E-state index in [1.165, 1.54) is 4.31 Å². The van der Waals surface area contributed by atoms with Crippen molar-refractivity contribution in [2.24, 2.45) is 11.3 Å². The van der Waals surface area contributed by atoms with Crippen LogP contribution in [0, 0.1) is 11.3 Å². The molecule has 1 heterocycles. The van der Waals surface area contributed by atoms with Crippen LogP contribution in [-0.2, 0) is 14.8 Å². The zero-order valence-electron chi connectivity index (χ0n) is 10.6. The number of carboxylic acid groups (broad SMARTS) is 1. The number of carbonyl (C=O) groups is 1. The lowest BCUT2D eigenvalue weighted by Gasteiger charge is -2.21. The number of carboxylic acids is 1. The van der Waals surface area contributed by atoms with Crippen LogP contribution in [0.2, 0.25) is 0 Å². The molecule has 0 aromatic rings. The molecule has 0 aromatic carbocycles. The van der Waals surface area contributed by atoms with Gasteiger partial charge in [-0.3, -0.25) is 4.79 Å². The summed E-state index contributed by atoms with van der Waals surface area (Å²) in [5.74, 6) is -1.35. The molecule has 0 bridgehead atoms. The highest BCUT2D eigenvalue weighted by Crippen LogP contribution is 2.24. The summed E-state index contributed by atoms with van der Waals surface area (Å²) in [5, 5.41) is 8.83. The Morgan fingerprint density at radius 3 is 2.41 bits per heavy atom. The Balaban J connectivity index is 2.58. The third-order valence-electron chi connectivity index (χ3n) is 3.00. The third-order valence-corrected chi connectivity index (χ3v) is 4.84. The quantitative estimate of drug-likeness (QED) is 0.826. The SMILES string of the molecule is CC(C)(C)CCS(=O)(=O)N1CCC(C(=O)O)C1. The van der Waals surface area contributed by atoms with Gasteiger partial charge in [0.15, 0.2) is 0 Å². The fourth-order valence-corrected chi connectivity index (χ4v) is 3.67. The van der Waals surface area contributed by atoms with Crippen molar-refractivity contribution in [3.63, 3.8) is 0 Å². The Morgan fingerprint density at radius 1 is 1.41 bits per heavy atom. The maximum atomic E-state index is 12.0. The molecule has 1 unspecified atom stereocenters. The summed E-state index contributed by atoms with van der Waals surface area (Å²) >= 11 is 0. The van der Waals surface area contributed by atoms with Crippen LogP contribution in [0.15, 0.2) is 0 Å². The van der Waals surface area contributed by atoms with E-state index < -0.39 is 21.9 Å². The van der Waals surface area contributed by atoms with Crippen LogP contribution in [0.3, 0.4) is 0 Å². The number of hydrogen-bond acceptors (Lipinski definition) is 3. The summed E-state index contributed by atoms with van der Waals surface area (Å²) in [7, 11) is -3.29. The Kier molecular flexibility index (Phi) is 4.19. The van der Waals surface area contributed by atoms with Crippen LogP contribution in [0.4, 0.5) is 0 Å². The number of sulfonamides is 1. The summed E-state index contributed by atoms with van der Waals surface area (Å²) in [6.07, 6.45) is 1.01. The zero-order chi connectivity index (χ0) is 13.3. The number of nitrogens with zero attached hydrogens (tertiary/aromatic N) is 1. The molecule has 0 aromatic heterocycles. The van der Waals surface area contributed by atoms with Gasteiger partial charge in [-0.1, -0.05) is 20.8 Å². The standard InChI is InChI=1S/C11H21NO4S/c1-11(2,3)5-7-17(15,16)12-6-4-9(8-12)10(13)14/h9H,4-8H2,1-3H3,(H,13,14). The first-order valence-corrected chi connectivity index (χ1v) is 7.43. The average Bonchev–Trinajstić information content (AvgIpc) is 2.63. The van der Waals surface area contributed by atoms with E-state index >= 15 is 0 Å². The van der Waals surface area contributed by atoms with Crippen molar-refractivity contribution >= 4 is 16.0 Å². The molecule has 0 spiro atoms. The van der Waals surface area contributed by atoms with Gasteiger partial charge in [0.25, 0.3) is 0 Å².